The van der Waals surface area contributed by atoms with Gasteiger partial charge in [-0.3, -0.25) is 4.90 Å². The summed E-state index contributed by atoms with van der Waals surface area (Å²) in [6, 6.07) is 13.2. The molecule has 1 aliphatic carbocycles. The van der Waals surface area contributed by atoms with Gasteiger partial charge in [0, 0.05) is 44.3 Å². The molecule has 0 spiro atoms. The summed E-state index contributed by atoms with van der Waals surface area (Å²) in [4.78, 5) is 9.73. The molecule has 1 aromatic carbocycles. The molecule has 0 unspecified atom stereocenters. The van der Waals surface area contributed by atoms with Crippen molar-refractivity contribution in [2.24, 2.45) is 5.73 Å². The van der Waals surface area contributed by atoms with E-state index >= 15 is 0 Å². The standard InChI is InChI=1S/C26H38N4O/c1-25(2)10-11-26(3,4)22-16-19(8-9-21(22)25)23-6-5-7-24(28-23)30-14-12-29(13-15-30)17-20(27)18-31/h5-9,16,20,31H,10-15,17-18,27H2,1-4H3/t20-/m1/s1. The van der Waals surface area contributed by atoms with Crippen LogP contribution in [0.4, 0.5) is 5.82 Å². The number of nitrogens with two attached hydrogens (primary N) is 1. The minimum atomic E-state index is -0.161. The highest BCUT2D eigenvalue weighted by atomic mass is 16.3. The minimum absolute atomic E-state index is 0.0403. The molecule has 5 heteroatoms. The van der Waals surface area contributed by atoms with Crippen LogP contribution >= 0.6 is 0 Å². The van der Waals surface area contributed by atoms with Gasteiger partial charge in [-0.2, -0.15) is 0 Å². The number of rotatable bonds is 5. The van der Waals surface area contributed by atoms with Gasteiger partial charge in [-0.25, -0.2) is 4.98 Å². The Hall–Kier alpha value is -1.95. The molecule has 31 heavy (non-hydrogen) atoms. The molecule has 1 aromatic heterocycles. The van der Waals surface area contributed by atoms with Crippen molar-refractivity contribution in [2.45, 2.75) is 57.4 Å². The average molecular weight is 423 g/mol. The molecule has 3 N–H and O–H groups in total. The van der Waals surface area contributed by atoms with Crippen molar-refractivity contribution < 1.29 is 5.11 Å². The van der Waals surface area contributed by atoms with Gasteiger partial charge in [0.1, 0.15) is 5.82 Å². The van der Waals surface area contributed by atoms with E-state index in [0.29, 0.717) is 0 Å². The lowest BCUT2D eigenvalue weighted by atomic mass is 9.63. The first-order valence-corrected chi connectivity index (χ1v) is 11.7. The summed E-state index contributed by atoms with van der Waals surface area (Å²) in [5.74, 6) is 1.04. The Morgan fingerprint density at radius 1 is 0.968 bits per heavy atom. The van der Waals surface area contributed by atoms with Crippen LogP contribution in [0.15, 0.2) is 36.4 Å². The van der Waals surface area contributed by atoms with E-state index < -0.39 is 0 Å². The average Bonchev–Trinajstić information content (AvgIpc) is 2.77. The smallest absolute Gasteiger partial charge is 0.129 e. The van der Waals surface area contributed by atoms with E-state index in [0.717, 1.165) is 44.2 Å². The monoisotopic (exact) mass is 422 g/mol. The fraction of sp³-hybridized carbons (Fsp3) is 0.577. The molecule has 1 aliphatic heterocycles. The number of benzene rings is 1. The summed E-state index contributed by atoms with van der Waals surface area (Å²) >= 11 is 0. The van der Waals surface area contributed by atoms with Gasteiger partial charge in [-0.1, -0.05) is 45.9 Å². The fourth-order valence-electron chi connectivity index (χ4n) is 5.06. The number of piperazine rings is 1. The maximum Gasteiger partial charge on any atom is 0.129 e. The van der Waals surface area contributed by atoms with Crippen LogP contribution in [-0.4, -0.2) is 60.4 Å². The molecule has 2 heterocycles. The van der Waals surface area contributed by atoms with Gasteiger partial charge in [0.05, 0.1) is 12.3 Å². The third kappa shape index (κ3) is 4.64. The number of nitrogens with zero attached hydrogens (tertiary/aromatic N) is 3. The Balaban J connectivity index is 1.55. The van der Waals surface area contributed by atoms with E-state index in [9.17, 15) is 5.11 Å². The Bertz CT molecular complexity index is 915. The lowest BCUT2D eigenvalue weighted by Gasteiger charge is -2.42. The second-order valence-electron chi connectivity index (χ2n) is 10.6. The van der Waals surface area contributed by atoms with Crippen molar-refractivity contribution >= 4 is 5.82 Å². The minimum Gasteiger partial charge on any atom is -0.395 e. The lowest BCUT2D eigenvalue weighted by molar-refractivity contribution is 0.194. The second kappa shape index (κ2) is 8.53. The largest absolute Gasteiger partial charge is 0.395 e. The van der Waals surface area contributed by atoms with Gasteiger partial charge in [-0.05, 0) is 53.0 Å². The molecule has 0 radical (unpaired) electrons. The van der Waals surface area contributed by atoms with Gasteiger partial charge in [0.25, 0.3) is 0 Å². The Kier molecular flexibility index (Phi) is 6.12. The number of fused-ring (bicyclic) bond motifs is 1. The van der Waals surface area contributed by atoms with Gasteiger partial charge in [0.15, 0.2) is 0 Å². The number of pyridine rings is 1. The van der Waals surface area contributed by atoms with Crippen LogP contribution in [0.2, 0.25) is 0 Å². The Morgan fingerprint density at radius 3 is 2.32 bits per heavy atom. The van der Waals surface area contributed by atoms with Crippen molar-refractivity contribution in [3.05, 3.63) is 47.5 Å². The molecular formula is C26H38N4O. The molecule has 1 fully saturated rings. The van der Waals surface area contributed by atoms with E-state index in [-0.39, 0.29) is 23.5 Å². The van der Waals surface area contributed by atoms with Crippen molar-refractivity contribution in [3.8, 4) is 11.3 Å². The molecular weight excluding hydrogens is 384 g/mol. The maximum absolute atomic E-state index is 9.20. The van der Waals surface area contributed by atoms with Crippen LogP contribution in [0.3, 0.4) is 0 Å². The van der Waals surface area contributed by atoms with Crippen LogP contribution in [-0.2, 0) is 10.8 Å². The first-order chi connectivity index (χ1) is 14.7. The molecule has 0 saturated carbocycles. The van der Waals surface area contributed by atoms with Crippen molar-refractivity contribution in [1.82, 2.24) is 9.88 Å². The molecule has 1 atom stereocenters. The molecule has 2 aromatic rings. The van der Waals surface area contributed by atoms with Crippen LogP contribution in [0, 0.1) is 0 Å². The van der Waals surface area contributed by atoms with Gasteiger partial charge in [-0.15, -0.1) is 0 Å². The fourth-order valence-corrected chi connectivity index (χ4v) is 5.06. The summed E-state index contributed by atoms with van der Waals surface area (Å²) in [6.07, 6.45) is 2.45. The van der Waals surface area contributed by atoms with E-state index in [2.05, 4.69) is 73.9 Å². The van der Waals surface area contributed by atoms with Gasteiger partial charge >= 0.3 is 0 Å². The molecule has 2 aliphatic rings. The number of hydrogen-bond donors (Lipinski definition) is 2. The van der Waals surface area contributed by atoms with Crippen LogP contribution in [0.25, 0.3) is 11.3 Å². The number of hydrogen-bond acceptors (Lipinski definition) is 5. The molecule has 0 amide bonds. The predicted molar refractivity (Wildman–Crippen MR) is 129 cm³/mol. The molecule has 1 saturated heterocycles. The van der Waals surface area contributed by atoms with Crippen LogP contribution in [0.5, 0.6) is 0 Å². The van der Waals surface area contributed by atoms with Gasteiger partial charge < -0.3 is 15.7 Å². The number of aromatic nitrogens is 1. The van der Waals surface area contributed by atoms with Crippen LogP contribution < -0.4 is 10.6 Å². The molecule has 0 bridgehead atoms. The first kappa shape index (κ1) is 22.3. The van der Waals surface area contributed by atoms with Crippen molar-refractivity contribution in [1.29, 1.82) is 0 Å². The predicted octanol–water partition coefficient (Wildman–Crippen LogP) is 3.54. The van der Waals surface area contributed by atoms with E-state index in [1.54, 1.807) is 0 Å². The summed E-state index contributed by atoms with van der Waals surface area (Å²) in [7, 11) is 0. The third-order valence-electron chi connectivity index (χ3n) is 7.31. The topological polar surface area (TPSA) is 65.6 Å². The van der Waals surface area contributed by atoms with Crippen molar-refractivity contribution in [2.75, 3.05) is 44.2 Å². The van der Waals surface area contributed by atoms with E-state index in [1.807, 2.05) is 0 Å². The second-order valence-corrected chi connectivity index (χ2v) is 10.6. The summed E-state index contributed by atoms with van der Waals surface area (Å²) in [5.41, 5.74) is 11.5. The zero-order chi connectivity index (χ0) is 22.2. The normalized spacial score (nSPS) is 21.5. The van der Waals surface area contributed by atoms with Crippen molar-refractivity contribution in [3.63, 3.8) is 0 Å². The van der Waals surface area contributed by atoms with Crippen LogP contribution in [0.1, 0.15) is 51.7 Å². The van der Waals surface area contributed by atoms with Gasteiger partial charge in [0.2, 0.25) is 0 Å². The highest BCUT2D eigenvalue weighted by Crippen LogP contribution is 2.46. The zero-order valence-electron chi connectivity index (χ0n) is 19.6. The Labute approximate surface area is 187 Å². The lowest BCUT2D eigenvalue weighted by Crippen LogP contribution is -2.50. The quantitative estimate of drug-likeness (QED) is 0.772. The summed E-state index contributed by atoms with van der Waals surface area (Å²) in [5, 5.41) is 9.20. The third-order valence-corrected chi connectivity index (χ3v) is 7.31. The number of aliphatic hydroxyl groups is 1. The summed E-state index contributed by atoms with van der Waals surface area (Å²) in [6.45, 7) is 14.0. The number of aliphatic hydroxyl groups excluding tert-OH is 1. The SMILES string of the molecule is CC1(C)CCC(C)(C)c2cc(-c3cccc(N4CCN(C[C@@H](N)CO)CC4)n3)ccc21. The van der Waals surface area contributed by atoms with E-state index in [4.69, 9.17) is 10.7 Å². The Morgan fingerprint density at radius 2 is 1.65 bits per heavy atom. The first-order valence-electron chi connectivity index (χ1n) is 11.7. The highest BCUT2D eigenvalue weighted by molar-refractivity contribution is 5.65. The number of anilines is 1. The molecule has 4 rings (SSSR count). The zero-order valence-corrected chi connectivity index (χ0v) is 19.6. The molecule has 5 nitrogen and oxygen atoms in total. The molecule has 168 valence electrons. The van der Waals surface area contributed by atoms with E-state index in [1.165, 1.54) is 29.5 Å². The maximum atomic E-state index is 9.20. The summed E-state index contributed by atoms with van der Waals surface area (Å²) < 4.78 is 0. The highest BCUT2D eigenvalue weighted by Gasteiger charge is 2.37.